The summed E-state index contributed by atoms with van der Waals surface area (Å²) < 4.78 is 10.7. The minimum Gasteiger partial charge on any atom is -0.443 e. The highest BCUT2D eigenvalue weighted by Crippen LogP contribution is 2.08. The first-order valence-corrected chi connectivity index (χ1v) is 5.71. The van der Waals surface area contributed by atoms with E-state index < -0.39 is 0 Å². The van der Waals surface area contributed by atoms with Gasteiger partial charge in [0.15, 0.2) is 0 Å². The predicted molar refractivity (Wildman–Crippen MR) is 58.4 cm³/mol. The van der Waals surface area contributed by atoms with Gasteiger partial charge in [-0.05, 0) is 7.05 Å². The summed E-state index contributed by atoms with van der Waals surface area (Å²) in [6, 6.07) is 0. The van der Waals surface area contributed by atoms with Crippen LogP contribution in [0.5, 0.6) is 0 Å². The van der Waals surface area contributed by atoms with Gasteiger partial charge in [-0.15, -0.1) is 0 Å². The van der Waals surface area contributed by atoms with E-state index in [1.807, 2.05) is 7.05 Å². The molecule has 6 heteroatoms. The third-order valence-electron chi connectivity index (χ3n) is 2.86. The molecule has 0 aliphatic carbocycles. The van der Waals surface area contributed by atoms with E-state index in [9.17, 15) is 4.79 Å². The Bertz CT molecular complexity index is 247. The van der Waals surface area contributed by atoms with E-state index in [1.54, 1.807) is 0 Å². The van der Waals surface area contributed by atoms with Gasteiger partial charge in [0.25, 0.3) is 0 Å². The van der Waals surface area contributed by atoms with Crippen molar-refractivity contribution in [3.8, 4) is 0 Å². The highest BCUT2D eigenvalue weighted by Gasteiger charge is 2.27. The number of ether oxygens (including phenoxy) is 2. The smallest absolute Gasteiger partial charge is 0.407 e. The molecule has 2 atom stereocenters. The minimum absolute atomic E-state index is 0.0131. The van der Waals surface area contributed by atoms with Gasteiger partial charge in [-0.3, -0.25) is 4.90 Å². The van der Waals surface area contributed by atoms with Crippen LogP contribution in [0.3, 0.4) is 0 Å². The molecular weight excluding hydrogens is 210 g/mol. The minimum atomic E-state index is -0.301. The molecule has 1 amide bonds. The summed E-state index contributed by atoms with van der Waals surface area (Å²) in [4.78, 5) is 13.2. The quantitative estimate of drug-likeness (QED) is 0.648. The second-order valence-corrected chi connectivity index (χ2v) is 4.22. The van der Waals surface area contributed by atoms with Crippen LogP contribution in [0.4, 0.5) is 4.79 Å². The fourth-order valence-electron chi connectivity index (χ4n) is 2.12. The molecule has 0 saturated carbocycles. The third kappa shape index (κ3) is 3.07. The highest BCUT2D eigenvalue weighted by atomic mass is 16.6. The van der Waals surface area contributed by atoms with Crippen molar-refractivity contribution in [1.82, 2.24) is 15.5 Å². The zero-order valence-corrected chi connectivity index (χ0v) is 9.57. The summed E-state index contributed by atoms with van der Waals surface area (Å²) in [5.74, 6) is 0. The van der Waals surface area contributed by atoms with Crippen LogP contribution >= 0.6 is 0 Å². The van der Waals surface area contributed by atoms with Crippen molar-refractivity contribution in [3.63, 3.8) is 0 Å². The molecule has 2 rings (SSSR count). The topological polar surface area (TPSA) is 62.8 Å². The number of amides is 1. The van der Waals surface area contributed by atoms with Crippen molar-refractivity contribution in [2.75, 3.05) is 46.4 Å². The van der Waals surface area contributed by atoms with E-state index >= 15 is 0 Å². The van der Waals surface area contributed by atoms with Crippen LogP contribution < -0.4 is 10.6 Å². The summed E-state index contributed by atoms with van der Waals surface area (Å²) in [5.41, 5.74) is 0. The molecule has 16 heavy (non-hydrogen) atoms. The predicted octanol–water partition coefficient (Wildman–Crippen LogP) is -0.985. The second-order valence-electron chi connectivity index (χ2n) is 4.22. The van der Waals surface area contributed by atoms with Gasteiger partial charge in [0.05, 0.1) is 19.3 Å². The summed E-state index contributed by atoms with van der Waals surface area (Å²) in [5, 5.41) is 5.77. The van der Waals surface area contributed by atoms with Crippen LogP contribution in [-0.4, -0.2) is 69.6 Å². The summed E-state index contributed by atoms with van der Waals surface area (Å²) in [6.07, 6.45) is -0.0744. The summed E-state index contributed by atoms with van der Waals surface area (Å²) in [6.45, 7) is 4.83. The number of hydrogen-bond donors (Lipinski definition) is 2. The first-order chi connectivity index (χ1) is 7.78. The number of rotatable bonds is 4. The Morgan fingerprint density at radius 2 is 2.44 bits per heavy atom. The molecule has 0 radical (unpaired) electrons. The normalized spacial score (nSPS) is 31.2. The largest absolute Gasteiger partial charge is 0.443 e. The Balaban J connectivity index is 1.74. The maximum absolute atomic E-state index is 10.9. The molecule has 0 aromatic heterocycles. The van der Waals surface area contributed by atoms with Gasteiger partial charge in [-0.2, -0.15) is 0 Å². The van der Waals surface area contributed by atoms with Gasteiger partial charge >= 0.3 is 6.09 Å². The fraction of sp³-hybridized carbons (Fsp3) is 0.900. The molecule has 6 nitrogen and oxygen atoms in total. The lowest BCUT2D eigenvalue weighted by Gasteiger charge is -2.33. The maximum atomic E-state index is 10.9. The number of cyclic esters (lactones) is 1. The van der Waals surface area contributed by atoms with Gasteiger partial charge < -0.3 is 20.1 Å². The van der Waals surface area contributed by atoms with Gasteiger partial charge in [0, 0.05) is 26.2 Å². The van der Waals surface area contributed by atoms with Gasteiger partial charge in [-0.25, -0.2) is 4.79 Å². The molecule has 0 aromatic rings. The second kappa shape index (κ2) is 5.47. The SMILES string of the molecule is CNCC1CN(CC2CNC(=O)O2)CCO1. The average Bonchev–Trinajstić information content (AvgIpc) is 2.65. The molecule has 2 unspecified atom stereocenters. The number of carbonyl (C=O) groups excluding carboxylic acids is 1. The number of likely N-dealkylation sites (N-methyl/N-ethyl adjacent to an activating group) is 1. The van der Waals surface area contributed by atoms with E-state index in [0.717, 1.165) is 32.8 Å². The lowest BCUT2D eigenvalue weighted by molar-refractivity contribution is -0.0359. The van der Waals surface area contributed by atoms with Crippen molar-refractivity contribution in [1.29, 1.82) is 0 Å². The van der Waals surface area contributed by atoms with Crippen LogP contribution in [-0.2, 0) is 9.47 Å². The summed E-state index contributed by atoms with van der Waals surface area (Å²) in [7, 11) is 1.92. The van der Waals surface area contributed by atoms with Crippen LogP contribution in [0, 0.1) is 0 Å². The zero-order valence-electron chi connectivity index (χ0n) is 9.57. The van der Waals surface area contributed by atoms with Crippen molar-refractivity contribution in [3.05, 3.63) is 0 Å². The van der Waals surface area contributed by atoms with Crippen molar-refractivity contribution in [2.45, 2.75) is 12.2 Å². The zero-order chi connectivity index (χ0) is 11.4. The van der Waals surface area contributed by atoms with Crippen molar-refractivity contribution >= 4 is 6.09 Å². The lowest BCUT2D eigenvalue weighted by Crippen LogP contribution is -2.48. The Hall–Kier alpha value is -0.850. The number of nitrogens with one attached hydrogen (secondary N) is 2. The first-order valence-electron chi connectivity index (χ1n) is 5.71. The lowest BCUT2D eigenvalue weighted by atomic mass is 10.2. The monoisotopic (exact) mass is 229 g/mol. The molecule has 2 N–H and O–H groups in total. The Morgan fingerprint density at radius 3 is 3.12 bits per heavy atom. The van der Waals surface area contributed by atoms with E-state index in [1.165, 1.54) is 0 Å². The number of alkyl carbamates (subject to hydrolysis) is 1. The van der Waals surface area contributed by atoms with Crippen molar-refractivity contribution < 1.29 is 14.3 Å². The molecule has 2 heterocycles. The van der Waals surface area contributed by atoms with Gasteiger partial charge in [0.2, 0.25) is 0 Å². The molecule has 2 saturated heterocycles. The number of morpholine rings is 1. The summed E-state index contributed by atoms with van der Waals surface area (Å²) >= 11 is 0. The molecular formula is C10H19N3O3. The number of hydrogen-bond acceptors (Lipinski definition) is 5. The van der Waals surface area contributed by atoms with E-state index in [-0.39, 0.29) is 18.3 Å². The van der Waals surface area contributed by atoms with E-state index in [0.29, 0.717) is 6.54 Å². The number of nitrogens with zero attached hydrogens (tertiary/aromatic N) is 1. The van der Waals surface area contributed by atoms with Crippen LogP contribution in [0.25, 0.3) is 0 Å². The standard InChI is InChI=1S/C10H19N3O3/c1-11-4-8-6-13(2-3-15-8)7-9-5-12-10(14)16-9/h8-9,11H,2-7H2,1H3,(H,12,14). The fourth-order valence-corrected chi connectivity index (χ4v) is 2.12. The molecule has 0 bridgehead atoms. The molecule has 2 fully saturated rings. The Morgan fingerprint density at radius 1 is 1.56 bits per heavy atom. The molecule has 0 aromatic carbocycles. The van der Waals surface area contributed by atoms with Gasteiger partial charge in [0.1, 0.15) is 6.10 Å². The first kappa shape index (κ1) is 11.6. The van der Waals surface area contributed by atoms with Crippen LogP contribution in [0.1, 0.15) is 0 Å². The molecule has 2 aliphatic rings. The molecule has 2 aliphatic heterocycles. The highest BCUT2D eigenvalue weighted by molar-refractivity contribution is 5.69. The third-order valence-corrected chi connectivity index (χ3v) is 2.86. The Labute approximate surface area is 95.3 Å². The number of carbonyl (C=O) groups is 1. The van der Waals surface area contributed by atoms with Gasteiger partial charge in [-0.1, -0.05) is 0 Å². The van der Waals surface area contributed by atoms with E-state index in [2.05, 4.69) is 15.5 Å². The Kier molecular flexibility index (Phi) is 3.98. The van der Waals surface area contributed by atoms with Crippen molar-refractivity contribution in [2.24, 2.45) is 0 Å². The van der Waals surface area contributed by atoms with E-state index in [4.69, 9.17) is 9.47 Å². The average molecular weight is 229 g/mol. The molecule has 92 valence electrons. The van der Waals surface area contributed by atoms with Crippen LogP contribution in [0.15, 0.2) is 0 Å². The maximum Gasteiger partial charge on any atom is 0.407 e. The van der Waals surface area contributed by atoms with Crippen LogP contribution in [0.2, 0.25) is 0 Å². The molecule has 0 spiro atoms.